The van der Waals surface area contributed by atoms with Crippen LogP contribution in [0.3, 0.4) is 0 Å². The van der Waals surface area contributed by atoms with E-state index in [1.165, 1.54) is 11.3 Å². The molecule has 7 nitrogen and oxygen atoms in total. The maximum atomic E-state index is 12.7. The lowest BCUT2D eigenvalue weighted by molar-refractivity contribution is -0.135. The summed E-state index contributed by atoms with van der Waals surface area (Å²) < 4.78 is 0. The molecule has 3 rings (SSSR count). The highest BCUT2D eigenvalue weighted by Crippen LogP contribution is 2.37. The Kier molecular flexibility index (Phi) is 4.34. The molecule has 1 aromatic rings. The Balaban J connectivity index is 1.64. The average Bonchev–Trinajstić information content (AvgIpc) is 3.11. The first-order chi connectivity index (χ1) is 11.0. The maximum Gasteiger partial charge on any atom is 0.325 e. The maximum absolute atomic E-state index is 12.7. The van der Waals surface area contributed by atoms with Crippen molar-refractivity contribution < 1.29 is 14.4 Å². The van der Waals surface area contributed by atoms with Crippen LogP contribution in [0.25, 0.3) is 0 Å². The van der Waals surface area contributed by atoms with E-state index in [-0.39, 0.29) is 12.5 Å². The summed E-state index contributed by atoms with van der Waals surface area (Å²) in [7, 11) is 0. The van der Waals surface area contributed by atoms with E-state index < -0.39 is 17.5 Å². The lowest BCUT2D eigenvalue weighted by Gasteiger charge is -2.34. The Bertz CT molecular complexity index is 608. The fraction of sp³-hybridized carbons (Fsp3) is 0.600. The lowest BCUT2D eigenvalue weighted by atomic mass is 9.75. The van der Waals surface area contributed by atoms with E-state index in [0.29, 0.717) is 23.9 Å². The number of hydrogen-bond donors (Lipinski definition) is 2. The van der Waals surface area contributed by atoms with Gasteiger partial charge in [0.2, 0.25) is 5.91 Å². The van der Waals surface area contributed by atoms with Crippen LogP contribution in [0.4, 0.5) is 9.93 Å². The van der Waals surface area contributed by atoms with Gasteiger partial charge < -0.3 is 10.6 Å². The van der Waals surface area contributed by atoms with Gasteiger partial charge in [0.05, 0.1) is 0 Å². The smallest absolute Gasteiger partial charge is 0.323 e. The van der Waals surface area contributed by atoms with Crippen LogP contribution >= 0.6 is 11.3 Å². The molecule has 1 aliphatic carbocycles. The lowest BCUT2D eigenvalue weighted by Crippen LogP contribution is -2.49. The van der Waals surface area contributed by atoms with E-state index in [1.807, 2.05) is 0 Å². The first-order valence-electron chi connectivity index (χ1n) is 7.87. The molecule has 0 bridgehead atoms. The van der Waals surface area contributed by atoms with Gasteiger partial charge in [-0.05, 0) is 31.6 Å². The summed E-state index contributed by atoms with van der Waals surface area (Å²) in [5.74, 6) is -0.0679. The highest BCUT2D eigenvalue weighted by Gasteiger charge is 2.52. The number of urea groups is 1. The second-order valence-electron chi connectivity index (χ2n) is 6.14. The van der Waals surface area contributed by atoms with Crippen LogP contribution in [0.1, 0.15) is 39.0 Å². The fourth-order valence-corrected chi connectivity index (χ4v) is 3.87. The molecule has 0 atom stereocenters. The predicted molar refractivity (Wildman–Crippen MR) is 86.0 cm³/mol. The van der Waals surface area contributed by atoms with Crippen LogP contribution in [0.5, 0.6) is 0 Å². The number of imide groups is 1. The molecule has 2 fully saturated rings. The van der Waals surface area contributed by atoms with E-state index in [0.717, 1.165) is 24.2 Å². The first-order valence-corrected chi connectivity index (χ1v) is 8.75. The number of aromatic nitrogens is 1. The van der Waals surface area contributed by atoms with Crippen molar-refractivity contribution in [1.29, 1.82) is 0 Å². The molecule has 2 aliphatic rings. The first kappa shape index (κ1) is 15.9. The Morgan fingerprint density at radius 1 is 1.48 bits per heavy atom. The summed E-state index contributed by atoms with van der Waals surface area (Å²) in [6, 6.07) is -0.473. The molecule has 8 heteroatoms. The van der Waals surface area contributed by atoms with Crippen LogP contribution in [0, 0.1) is 5.92 Å². The molecule has 4 amide bonds. The number of carbonyl (C=O) groups excluding carboxylic acids is 3. The summed E-state index contributed by atoms with van der Waals surface area (Å²) in [6.45, 7) is 1.87. The Labute approximate surface area is 138 Å². The molecule has 1 aliphatic heterocycles. The molecule has 1 spiro atoms. The number of hydrogen-bond acceptors (Lipinski definition) is 5. The van der Waals surface area contributed by atoms with Crippen LogP contribution in [-0.2, 0) is 9.59 Å². The van der Waals surface area contributed by atoms with Crippen LogP contribution in [0.15, 0.2) is 11.6 Å². The minimum absolute atomic E-state index is 0.272. The fourth-order valence-electron chi connectivity index (χ4n) is 3.32. The topological polar surface area (TPSA) is 91.4 Å². The third kappa shape index (κ3) is 3.08. The van der Waals surface area contributed by atoms with Gasteiger partial charge in [-0.2, -0.15) is 0 Å². The molecular weight excluding hydrogens is 316 g/mol. The Morgan fingerprint density at radius 3 is 2.83 bits per heavy atom. The Morgan fingerprint density at radius 2 is 2.22 bits per heavy atom. The molecule has 0 radical (unpaired) electrons. The van der Waals surface area contributed by atoms with E-state index in [9.17, 15) is 14.4 Å². The van der Waals surface area contributed by atoms with Crippen LogP contribution < -0.4 is 10.6 Å². The van der Waals surface area contributed by atoms with Gasteiger partial charge in [0.25, 0.3) is 5.91 Å². The van der Waals surface area contributed by atoms with E-state index >= 15 is 0 Å². The zero-order valence-corrected chi connectivity index (χ0v) is 13.8. The number of thiazole rings is 1. The van der Waals surface area contributed by atoms with Crippen molar-refractivity contribution in [3.05, 3.63) is 11.6 Å². The third-order valence-corrected chi connectivity index (χ3v) is 5.45. The van der Waals surface area contributed by atoms with Crippen LogP contribution in [-0.4, -0.2) is 39.8 Å². The summed E-state index contributed by atoms with van der Waals surface area (Å²) in [5, 5.41) is 7.61. The molecule has 124 valence electrons. The summed E-state index contributed by atoms with van der Waals surface area (Å²) in [6.07, 6.45) is 5.85. The number of anilines is 1. The van der Waals surface area contributed by atoms with Gasteiger partial charge in [0.1, 0.15) is 12.1 Å². The molecule has 1 saturated heterocycles. The number of nitrogens with zero attached hydrogens (tertiary/aromatic N) is 2. The van der Waals surface area contributed by atoms with Gasteiger partial charge in [0, 0.05) is 11.6 Å². The Hall–Kier alpha value is -1.96. The summed E-state index contributed by atoms with van der Waals surface area (Å²) in [4.78, 5) is 41.8. The van der Waals surface area contributed by atoms with Gasteiger partial charge in [-0.1, -0.05) is 13.3 Å². The summed E-state index contributed by atoms with van der Waals surface area (Å²) in [5.41, 5.74) is -0.801. The van der Waals surface area contributed by atoms with Crippen molar-refractivity contribution in [2.24, 2.45) is 5.92 Å². The monoisotopic (exact) mass is 336 g/mol. The van der Waals surface area contributed by atoms with Crippen LogP contribution in [0.2, 0.25) is 0 Å². The predicted octanol–water partition coefficient (Wildman–Crippen LogP) is 1.97. The molecule has 1 saturated carbocycles. The molecule has 23 heavy (non-hydrogen) atoms. The van der Waals surface area contributed by atoms with E-state index in [4.69, 9.17) is 0 Å². The van der Waals surface area contributed by atoms with Crippen molar-refractivity contribution >= 4 is 34.3 Å². The van der Waals surface area contributed by atoms with Gasteiger partial charge in [-0.25, -0.2) is 9.78 Å². The number of nitrogens with one attached hydrogen (secondary N) is 2. The molecule has 0 unspecified atom stereocenters. The highest BCUT2D eigenvalue weighted by molar-refractivity contribution is 7.13. The van der Waals surface area contributed by atoms with Crippen molar-refractivity contribution in [1.82, 2.24) is 15.2 Å². The molecule has 2 heterocycles. The zero-order chi connectivity index (χ0) is 16.4. The minimum atomic E-state index is -0.801. The SMILES string of the molecule is CCC1CCC2(CC1)NC(=O)N(CC(=O)Nc1nccs1)C2=O. The molecule has 1 aromatic heterocycles. The minimum Gasteiger partial charge on any atom is -0.323 e. The third-order valence-electron chi connectivity index (χ3n) is 4.76. The highest BCUT2D eigenvalue weighted by atomic mass is 32.1. The number of amides is 4. The second kappa shape index (κ2) is 6.27. The second-order valence-corrected chi connectivity index (χ2v) is 7.04. The van der Waals surface area contributed by atoms with Gasteiger partial charge >= 0.3 is 6.03 Å². The van der Waals surface area contributed by atoms with Gasteiger partial charge in [-0.15, -0.1) is 11.3 Å². The quantitative estimate of drug-likeness (QED) is 0.822. The van der Waals surface area contributed by atoms with Gasteiger partial charge in [0.15, 0.2) is 5.13 Å². The largest absolute Gasteiger partial charge is 0.325 e. The van der Waals surface area contributed by atoms with Crippen molar-refractivity contribution in [3.63, 3.8) is 0 Å². The van der Waals surface area contributed by atoms with Crippen molar-refractivity contribution in [2.75, 3.05) is 11.9 Å². The van der Waals surface area contributed by atoms with E-state index in [2.05, 4.69) is 22.5 Å². The van der Waals surface area contributed by atoms with E-state index in [1.54, 1.807) is 11.6 Å². The average molecular weight is 336 g/mol. The number of carbonyl (C=O) groups is 3. The van der Waals surface area contributed by atoms with Crippen molar-refractivity contribution in [3.8, 4) is 0 Å². The normalized spacial score (nSPS) is 27.3. The molecule has 2 N–H and O–H groups in total. The van der Waals surface area contributed by atoms with Gasteiger partial charge in [-0.3, -0.25) is 14.5 Å². The molecular formula is C15H20N4O3S. The standard InChI is InChI=1S/C15H20N4O3S/c1-2-10-3-5-15(6-4-10)12(21)19(14(22)18-15)9-11(20)17-13-16-7-8-23-13/h7-8,10H,2-6,9H2,1H3,(H,18,22)(H,16,17,20). The number of rotatable bonds is 4. The summed E-state index contributed by atoms with van der Waals surface area (Å²) >= 11 is 1.29. The molecule has 0 aromatic carbocycles. The van der Waals surface area contributed by atoms with Crippen molar-refractivity contribution in [2.45, 2.75) is 44.6 Å². The zero-order valence-electron chi connectivity index (χ0n) is 13.0.